The Balaban J connectivity index is 0.00000116. The average Bonchev–Trinajstić information content (AvgIpc) is 2.49. The third-order valence-electron chi connectivity index (χ3n) is 3.22. The molecule has 0 aliphatic carbocycles. The smallest absolute Gasteiger partial charge is 0.301 e. The molecule has 0 unspecified atom stereocenters. The fraction of sp³-hybridized carbons (Fsp3) is 0.643. The van der Waals surface area contributed by atoms with Crippen LogP contribution < -0.4 is 9.46 Å². The molecule has 0 atom stereocenters. The number of nitrogens with one attached hydrogen (secondary N) is 1. The summed E-state index contributed by atoms with van der Waals surface area (Å²) in [6.07, 6.45) is 1.63. The standard InChI is InChI=1S/C12H20N4O3S.C2H6/c1-10-8-11(12(19-3)13-9-10)14-20(17,18)16-6-4-15(2)5-7-16;1-2/h8-9,14H,4-7H2,1-3H3;1-2H3. The van der Waals surface area contributed by atoms with E-state index in [-0.39, 0.29) is 5.88 Å². The molecule has 0 spiro atoms. The average molecular weight is 330 g/mol. The van der Waals surface area contributed by atoms with E-state index in [1.807, 2.05) is 27.8 Å². The first-order chi connectivity index (χ1) is 10.4. The summed E-state index contributed by atoms with van der Waals surface area (Å²) in [5.41, 5.74) is 1.23. The zero-order chi connectivity index (χ0) is 16.8. The van der Waals surface area contributed by atoms with Gasteiger partial charge in [-0.05, 0) is 25.6 Å². The van der Waals surface area contributed by atoms with Gasteiger partial charge in [-0.15, -0.1) is 0 Å². The van der Waals surface area contributed by atoms with Crippen LogP contribution in [0.3, 0.4) is 0 Å². The Kier molecular flexibility index (Phi) is 7.05. The first-order valence-corrected chi connectivity index (χ1v) is 8.83. The molecule has 1 aliphatic rings. The second-order valence-electron chi connectivity index (χ2n) is 4.88. The maximum atomic E-state index is 12.4. The van der Waals surface area contributed by atoms with Crippen molar-refractivity contribution in [3.8, 4) is 5.88 Å². The number of aryl methyl sites for hydroxylation is 1. The highest BCUT2D eigenvalue weighted by Gasteiger charge is 2.26. The molecule has 2 rings (SSSR count). The zero-order valence-electron chi connectivity index (χ0n) is 14.0. The highest BCUT2D eigenvalue weighted by Crippen LogP contribution is 2.24. The van der Waals surface area contributed by atoms with E-state index in [2.05, 4.69) is 14.6 Å². The Hall–Kier alpha value is -1.38. The lowest BCUT2D eigenvalue weighted by Gasteiger charge is -2.31. The van der Waals surface area contributed by atoms with Gasteiger partial charge in [0.05, 0.1) is 7.11 Å². The Morgan fingerprint density at radius 1 is 1.23 bits per heavy atom. The van der Waals surface area contributed by atoms with Gasteiger partial charge in [0.25, 0.3) is 0 Å². The van der Waals surface area contributed by atoms with Crippen molar-refractivity contribution in [2.75, 3.05) is 45.1 Å². The first-order valence-electron chi connectivity index (χ1n) is 7.39. The number of piperazine rings is 1. The van der Waals surface area contributed by atoms with Crippen LogP contribution in [-0.2, 0) is 10.2 Å². The third-order valence-corrected chi connectivity index (χ3v) is 4.75. The minimum absolute atomic E-state index is 0.272. The SMILES string of the molecule is CC.COc1ncc(C)cc1NS(=O)(=O)N1CCN(C)CC1. The number of nitrogens with zero attached hydrogens (tertiary/aromatic N) is 3. The van der Waals surface area contributed by atoms with Crippen molar-refractivity contribution < 1.29 is 13.2 Å². The third kappa shape index (κ3) is 4.82. The summed E-state index contributed by atoms with van der Waals surface area (Å²) in [4.78, 5) is 6.16. The minimum atomic E-state index is -3.57. The molecule has 1 fully saturated rings. The van der Waals surface area contributed by atoms with Crippen molar-refractivity contribution in [3.05, 3.63) is 17.8 Å². The predicted molar refractivity (Wildman–Crippen MR) is 88.5 cm³/mol. The largest absolute Gasteiger partial charge is 0.479 e. The lowest BCUT2D eigenvalue weighted by molar-refractivity contribution is 0.223. The molecule has 0 saturated carbocycles. The van der Waals surface area contributed by atoms with Crippen molar-refractivity contribution in [1.29, 1.82) is 0 Å². The van der Waals surface area contributed by atoms with Gasteiger partial charge in [-0.25, -0.2) is 4.98 Å². The number of anilines is 1. The van der Waals surface area contributed by atoms with Crippen molar-refractivity contribution in [2.24, 2.45) is 0 Å². The van der Waals surface area contributed by atoms with Gasteiger partial charge in [0.1, 0.15) is 5.69 Å². The van der Waals surface area contributed by atoms with E-state index >= 15 is 0 Å². The predicted octanol–water partition coefficient (Wildman–Crippen LogP) is 1.33. The first kappa shape index (κ1) is 18.7. The molecule has 0 bridgehead atoms. The lowest BCUT2D eigenvalue weighted by atomic mass is 10.3. The van der Waals surface area contributed by atoms with E-state index in [9.17, 15) is 8.42 Å². The number of ether oxygens (including phenoxy) is 1. The van der Waals surface area contributed by atoms with Crippen LogP contribution in [0.1, 0.15) is 19.4 Å². The molecule has 7 nitrogen and oxygen atoms in total. The molecule has 2 heterocycles. The summed E-state index contributed by atoms with van der Waals surface area (Å²) in [6.45, 7) is 8.26. The van der Waals surface area contributed by atoms with Crippen molar-refractivity contribution >= 4 is 15.9 Å². The second-order valence-corrected chi connectivity index (χ2v) is 6.55. The van der Waals surface area contributed by atoms with E-state index in [0.29, 0.717) is 18.8 Å². The van der Waals surface area contributed by atoms with Crippen LogP contribution in [0.25, 0.3) is 0 Å². The van der Waals surface area contributed by atoms with Gasteiger partial charge in [0, 0.05) is 32.4 Å². The topological polar surface area (TPSA) is 74.8 Å². The number of hydrogen-bond donors (Lipinski definition) is 1. The van der Waals surface area contributed by atoms with Crippen LogP contribution in [-0.4, -0.2) is 62.9 Å². The second kappa shape index (κ2) is 8.30. The van der Waals surface area contributed by atoms with Gasteiger partial charge in [0.2, 0.25) is 5.88 Å². The Labute approximate surface area is 133 Å². The minimum Gasteiger partial charge on any atom is -0.479 e. The number of rotatable bonds is 4. The van der Waals surface area contributed by atoms with Crippen LogP contribution in [0, 0.1) is 6.92 Å². The molecule has 1 saturated heterocycles. The maximum Gasteiger partial charge on any atom is 0.301 e. The molecule has 0 radical (unpaired) electrons. The van der Waals surface area contributed by atoms with Gasteiger partial charge >= 0.3 is 10.2 Å². The van der Waals surface area contributed by atoms with Crippen LogP contribution in [0.4, 0.5) is 5.69 Å². The maximum absolute atomic E-state index is 12.4. The number of pyridine rings is 1. The van der Waals surface area contributed by atoms with E-state index in [4.69, 9.17) is 4.74 Å². The normalized spacial score (nSPS) is 16.6. The number of hydrogen-bond acceptors (Lipinski definition) is 5. The molecule has 22 heavy (non-hydrogen) atoms. The monoisotopic (exact) mass is 330 g/mol. The lowest BCUT2D eigenvalue weighted by Crippen LogP contribution is -2.48. The van der Waals surface area contributed by atoms with Gasteiger partial charge in [-0.2, -0.15) is 12.7 Å². The summed E-state index contributed by atoms with van der Waals surface area (Å²) in [5, 5.41) is 0. The molecule has 8 heteroatoms. The number of aromatic nitrogens is 1. The molecular formula is C14H26N4O3S. The zero-order valence-corrected chi connectivity index (χ0v) is 14.8. The summed E-state index contributed by atoms with van der Waals surface area (Å²) >= 11 is 0. The quantitative estimate of drug-likeness (QED) is 0.901. The van der Waals surface area contributed by atoms with Crippen molar-refractivity contribution in [2.45, 2.75) is 20.8 Å². The molecule has 126 valence electrons. The Bertz CT molecular complexity index is 569. The van der Waals surface area contributed by atoms with Crippen LogP contribution in [0.15, 0.2) is 12.3 Å². The van der Waals surface area contributed by atoms with E-state index in [1.165, 1.54) is 11.4 Å². The van der Waals surface area contributed by atoms with Gasteiger partial charge in [-0.1, -0.05) is 13.8 Å². The van der Waals surface area contributed by atoms with Crippen LogP contribution in [0.5, 0.6) is 5.88 Å². The van der Waals surface area contributed by atoms with Gasteiger partial charge < -0.3 is 9.64 Å². The molecular weight excluding hydrogens is 304 g/mol. The number of likely N-dealkylation sites (N-methyl/N-ethyl adjacent to an activating group) is 1. The summed E-state index contributed by atoms with van der Waals surface area (Å²) in [7, 11) is -0.132. The van der Waals surface area contributed by atoms with E-state index < -0.39 is 10.2 Å². The molecule has 1 aromatic heterocycles. The van der Waals surface area contributed by atoms with Crippen molar-refractivity contribution in [3.63, 3.8) is 0 Å². The van der Waals surface area contributed by atoms with E-state index in [1.54, 1.807) is 12.3 Å². The van der Waals surface area contributed by atoms with Crippen molar-refractivity contribution in [1.82, 2.24) is 14.2 Å². The van der Waals surface area contributed by atoms with E-state index in [0.717, 1.165) is 18.7 Å². The summed E-state index contributed by atoms with van der Waals surface area (Å²) < 4.78 is 33.8. The summed E-state index contributed by atoms with van der Waals surface area (Å²) in [5.74, 6) is 0.272. The van der Waals surface area contributed by atoms with Gasteiger partial charge in [-0.3, -0.25) is 4.72 Å². The Morgan fingerprint density at radius 3 is 2.36 bits per heavy atom. The highest BCUT2D eigenvalue weighted by molar-refractivity contribution is 7.90. The van der Waals surface area contributed by atoms with Crippen LogP contribution in [0.2, 0.25) is 0 Å². The van der Waals surface area contributed by atoms with Gasteiger partial charge in [0.15, 0.2) is 0 Å². The van der Waals surface area contributed by atoms with Crippen LogP contribution >= 0.6 is 0 Å². The molecule has 1 aromatic rings. The number of methoxy groups -OCH3 is 1. The molecule has 0 aromatic carbocycles. The highest BCUT2D eigenvalue weighted by atomic mass is 32.2. The molecule has 0 amide bonds. The summed E-state index contributed by atoms with van der Waals surface area (Å²) in [6, 6.07) is 1.71. The molecule has 1 aliphatic heterocycles. The molecule has 1 N–H and O–H groups in total. The fourth-order valence-electron chi connectivity index (χ4n) is 2.02. The fourth-order valence-corrected chi connectivity index (χ4v) is 3.22. The Morgan fingerprint density at radius 2 is 1.82 bits per heavy atom.